The number of hydrogen-bond acceptors (Lipinski definition) is 3. The lowest BCUT2D eigenvalue weighted by Crippen LogP contribution is -2.46. The molecule has 156 valence electrons. The van der Waals surface area contributed by atoms with E-state index in [2.05, 4.69) is 36.6 Å². The molecule has 0 radical (unpaired) electrons. The van der Waals surface area contributed by atoms with Crippen molar-refractivity contribution >= 4 is 24.2 Å². The molecule has 1 aromatic carbocycles. The summed E-state index contributed by atoms with van der Waals surface area (Å²) in [7, 11) is 0. The van der Waals surface area contributed by atoms with Crippen molar-refractivity contribution in [3.05, 3.63) is 35.4 Å². The molecule has 1 aromatic rings. The van der Waals surface area contributed by atoms with Crippen molar-refractivity contribution in [1.82, 2.24) is 15.5 Å². The Labute approximate surface area is 175 Å². The van der Waals surface area contributed by atoms with Crippen LogP contribution in [-0.4, -0.2) is 48.9 Å². The van der Waals surface area contributed by atoms with Crippen molar-refractivity contribution in [2.24, 2.45) is 5.92 Å². The van der Waals surface area contributed by atoms with E-state index in [9.17, 15) is 9.59 Å². The van der Waals surface area contributed by atoms with E-state index in [1.165, 1.54) is 11.1 Å². The molecule has 0 saturated carbocycles. The second-order valence-electron chi connectivity index (χ2n) is 8.20. The minimum absolute atomic E-state index is 0. The van der Waals surface area contributed by atoms with Crippen LogP contribution in [0.4, 0.5) is 0 Å². The molecule has 2 aliphatic heterocycles. The molecule has 0 aliphatic carbocycles. The van der Waals surface area contributed by atoms with Gasteiger partial charge in [0.25, 0.3) is 0 Å². The SMILES string of the molecule is Cc1ccccc1C(C)CC(=O)N1CCCC(CNC(=O)C2CCCN2)C1.Cl. The summed E-state index contributed by atoms with van der Waals surface area (Å²) in [4.78, 5) is 27.0. The van der Waals surface area contributed by atoms with Crippen LogP contribution in [0.15, 0.2) is 24.3 Å². The van der Waals surface area contributed by atoms with Crippen LogP contribution in [0, 0.1) is 12.8 Å². The van der Waals surface area contributed by atoms with Gasteiger partial charge in [-0.05, 0) is 62.1 Å². The fourth-order valence-electron chi connectivity index (χ4n) is 4.38. The molecule has 0 spiro atoms. The highest BCUT2D eigenvalue weighted by molar-refractivity contribution is 5.85. The number of nitrogens with zero attached hydrogens (tertiary/aromatic N) is 1. The Morgan fingerprint density at radius 2 is 2.04 bits per heavy atom. The number of benzene rings is 1. The number of likely N-dealkylation sites (tertiary alicyclic amines) is 1. The quantitative estimate of drug-likeness (QED) is 0.761. The lowest BCUT2D eigenvalue weighted by atomic mass is 9.92. The number of aryl methyl sites for hydroxylation is 1. The fraction of sp³-hybridized carbons (Fsp3) is 0.636. The van der Waals surface area contributed by atoms with Gasteiger partial charge in [-0.25, -0.2) is 0 Å². The molecule has 6 heteroatoms. The van der Waals surface area contributed by atoms with Crippen LogP contribution in [-0.2, 0) is 9.59 Å². The van der Waals surface area contributed by atoms with Gasteiger partial charge in [0, 0.05) is 26.1 Å². The number of hydrogen-bond donors (Lipinski definition) is 2. The molecule has 2 amide bonds. The molecule has 3 rings (SSSR count). The summed E-state index contributed by atoms with van der Waals surface area (Å²) < 4.78 is 0. The van der Waals surface area contributed by atoms with Crippen LogP contribution in [0.5, 0.6) is 0 Å². The van der Waals surface area contributed by atoms with Crippen LogP contribution in [0.25, 0.3) is 0 Å². The number of halogens is 1. The lowest BCUT2D eigenvalue weighted by Gasteiger charge is -2.34. The predicted octanol–water partition coefficient (Wildman–Crippen LogP) is 3.02. The zero-order chi connectivity index (χ0) is 19.2. The van der Waals surface area contributed by atoms with Gasteiger partial charge in [0.15, 0.2) is 0 Å². The van der Waals surface area contributed by atoms with E-state index in [0.717, 1.165) is 45.3 Å². The summed E-state index contributed by atoms with van der Waals surface area (Å²) in [5, 5.41) is 6.32. The molecular formula is C22H34ClN3O2. The third-order valence-electron chi connectivity index (χ3n) is 6.01. The summed E-state index contributed by atoms with van der Waals surface area (Å²) in [6.07, 6.45) is 4.65. The molecule has 5 nitrogen and oxygen atoms in total. The van der Waals surface area contributed by atoms with Crippen LogP contribution in [0.3, 0.4) is 0 Å². The third-order valence-corrected chi connectivity index (χ3v) is 6.01. The fourth-order valence-corrected chi connectivity index (χ4v) is 4.38. The first-order chi connectivity index (χ1) is 13.0. The molecule has 3 unspecified atom stereocenters. The zero-order valence-corrected chi connectivity index (χ0v) is 17.9. The number of carbonyl (C=O) groups is 2. The highest BCUT2D eigenvalue weighted by Crippen LogP contribution is 2.25. The Morgan fingerprint density at radius 3 is 2.75 bits per heavy atom. The normalized spacial score (nSPS) is 23.0. The smallest absolute Gasteiger partial charge is 0.237 e. The number of piperidine rings is 1. The van der Waals surface area contributed by atoms with E-state index in [4.69, 9.17) is 0 Å². The van der Waals surface area contributed by atoms with Gasteiger partial charge in [-0.2, -0.15) is 0 Å². The maximum atomic E-state index is 12.8. The van der Waals surface area contributed by atoms with Gasteiger partial charge in [-0.1, -0.05) is 31.2 Å². The van der Waals surface area contributed by atoms with Crippen LogP contribution in [0.2, 0.25) is 0 Å². The average Bonchev–Trinajstić information content (AvgIpc) is 3.21. The molecule has 2 N–H and O–H groups in total. The standard InChI is InChI=1S/C22H33N3O2.ClH/c1-16-7-3-4-9-19(16)17(2)13-21(26)25-12-6-8-18(15-25)14-24-22(27)20-10-5-11-23-20;/h3-4,7,9,17-18,20,23H,5-6,8,10-15H2,1-2H3,(H,24,27);1H. The van der Waals surface area contributed by atoms with Gasteiger partial charge < -0.3 is 15.5 Å². The van der Waals surface area contributed by atoms with Crippen molar-refractivity contribution in [3.63, 3.8) is 0 Å². The summed E-state index contributed by atoms with van der Waals surface area (Å²) in [5.41, 5.74) is 2.51. The first kappa shape index (κ1) is 22.7. The van der Waals surface area contributed by atoms with Gasteiger partial charge in [-0.3, -0.25) is 9.59 Å². The number of rotatable bonds is 6. The second-order valence-corrected chi connectivity index (χ2v) is 8.20. The molecule has 2 aliphatic rings. The number of nitrogens with one attached hydrogen (secondary N) is 2. The Hall–Kier alpha value is -1.59. The number of amides is 2. The van der Waals surface area contributed by atoms with Crippen LogP contribution >= 0.6 is 12.4 Å². The molecule has 2 fully saturated rings. The Balaban J connectivity index is 0.00000280. The van der Waals surface area contributed by atoms with Crippen LogP contribution in [0.1, 0.15) is 56.1 Å². The van der Waals surface area contributed by atoms with Gasteiger partial charge >= 0.3 is 0 Å². The van der Waals surface area contributed by atoms with E-state index >= 15 is 0 Å². The predicted molar refractivity (Wildman–Crippen MR) is 115 cm³/mol. The van der Waals surface area contributed by atoms with Crippen molar-refractivity contribution in [3.8, 4) is 0 Å². The zero-order valence-electron chi connectivity index (χ0n) is 17.1. The maximum absolute atomic E-state index is 12.8. The van der Waals surface area contributed by atoms with E-state index < -0.39 is 0 Å². The van der Waals surface area contributed by atoms with Crippen LogP contribution < -0.4 is 10.6 Å². The van der Waals surface area contributed by atoms with E-state index in [-0.39, 0.29) is 36.2 Å². The molecule has 0 bridgehead atoms. The van der Waals surface area contributed by atoms with Gasteiger partial charge in [-0.15, -0.1) is 12.4 Å². The second kappa shape index (κ2) is 10.8. The summed E-state index contributed by atoms with van der Waals surface area (Å²) >= 11 is 0. The highest BCUT2D eigenvalue weighted by atomic mass is 35.5. The summed E-state index contributed by atoms with van der Waals surface area (Å²) in [5.74, 6) is 0.942. The Morgan fingerprint density at radius 1 is 1.25 bits per heavy atom. The van der Waals surface area contributed by atoms with E-state index in [0.29, 0.717) is 18.9 Å². The minimum atomic E-state index is -0.0266. The minimum Gasteiger partial charge on any atom is -0.354 e. The first-order valence-electron chi connectivity index (χ1n) is 10.4. The molecule has 0 aromatic heterocycles. The van der Waals surface area contributed by atoms with Crippen molar-refractivity contribution in [2.75, 3.05) is 26.2 Å². The van der Waals surface area contributed by atoms with Gasteiger partial charge in [0.2, 0.25) is 11.8 Å². The summed E-state index contributed by atoms with van der Waals surface area (Å²) in [6.45, 7) is 7.45. The molecule has 2 saturated heterocycles. The average molecular weight is 408 g/mol. The summed E-state index contributed by atoms with van der Waals surface area (Å²) in [6, 6.07) is 8.29. The highest BCUT2D eigenvalue weighted by Gasteiger charge is 2.27. The van der Waals surface area contributed by atoms with E-state index in [1.54, 1.807) is 0 Å². The number of carbonyl (C=O) groups excluding carboxylic acids is 2. The largest absolute Gasteiger partial charge is 0.354 e. The Bertz CT molecular complexity index is 661. The Kier molecular flexibility index (Phi) is 8.77. The van der Waals surface area contributed by atoms with E-state index in [1.807, 2.05) is 17.0 Å². The first-order valence-corrected chi connectivity index (χ1v) is 10.4. The van der Waals surface area contributed by atoms with Crippen molar-refractivity contribution < 1.29 is 9.59 Å². The maximum Gasteiger partial charge on any atom is 0.237 e. The third kappa shape index (κ3) is 5.95. The monoisotopic (exact) mass is 407 g/mol. The van der Waals surface area contributed by atoms with Crippen molar-refractivity contribution in [1.29, 1.82) is 0 Å². The molecular weight excluding hydrogens is 374 g/mol. The van der Waals surface area contributed by atoms with Gasteiger partial charge in [0.1, 0.15) is 0 Å². The lowest BCUT2D eigenvalue weighted by molar-refractivity contribution is -0.133. The topological polar surface area (TPSA) is 61.4 Å². The molecule has 3 atom stereocenters. The molecule has 2 heterocycles. The van der Waals surface area contributed by atoms with Gasteiger partial charge in [0.05, 0.1) is 6.04 Å². The van der Waals surface area contributed by atoms with Crippen molar-refractivity contribution in [2.45, 2.75) is 57.9 Å². The molecule has 28 heavy (non-hydrogen) atoms.